The monoisotopic (exact) mass is 442 g/mol. The maximum atomic E-state index is 12.1. The Morgan fingerprint density at radius 1 is 1.14 bits per heavy atom. The molecule has 0 atom stereocenters. The summed E-state index contributed by atoms with van der Waals surface area (Å²) in [6.07, 6.45) is 3.45. The van der Waals surface area contributed by atoms with Crippen molar-refractivity contribution in [1.29, 1.82) is 0 Å². The molecule has 0 aliphatic rings. The van der Waals surface area contributed by atoms with Crippen molar-refractivity contribution in [3.63, 3.8) is 0 Å². The first-order valence-electron chi connectivity index (χ1n) is 8.67. The first-order chi connectivity index (χ1) is 13.5. The second-order valence-electron chi connectivity index (χ2n) is 5.49. The van der Waals surface area contributed by atoms with Crippen molar-refractivity contribution in [3.05, 3.63) is 21.5 Å². The molecular formula is C17H22N4O4S3. The van der Waals surface area contributed by atoms with Crippen LogP contribution in [0.3, 0.4) is 0 Å². The van der Waals surface area contributed by atoms with Crippen molar-refractivity contribution in [2.45, 2.75) is 19.8 Å². The summed E-state index contributed by atoms with van der Waals surface area (Å²) < 4.78 is 4.62. The van der Waals surface area contributed by atoms with E-state index in [1.54, 1.807) is 24.1 Å². The smallest absolute Gasteiger partial charge is 0.396 e. The lowest BCUT2D eigenvalue weighted by Gasteiger charge is -2.02. The van der Waals surface area contributed by atoms with Crippen LogP contribution in [0.1, 0.15) is 28.8 Å². The highest BCUT2D eigenvalue weighted by Gasteiger charge is 2.15. The Balaban J connectivity index is 1.83. The van der Waals surface area contributed by atoms with Crippen molar-refractivity contribution in [3.8, 4) is 10.7 Å². The Morgan fingerprint density at radius 3 is 2.71 bits per heavy atom. The molecule has 2 heterocycles. The van der Waals surface area contributed by atoms with Crippen molar-refractivity contribution < 1.29 is 19.1 Å². The standard InChI is InChI=1S/C17H22N4O4S3/c1-3-25-17(24)15(23)19-7-5-13-20-12(10-27-13)16-21-11(9-28-16)14(22)18-6-4-8-26-2/h9-10H,3-8H2,1-2H3,(H,18,22)(H,19,23). The van der Waals surface area contributed by atoms with Gasteiger partial charge in [0.15, 0.2) is 0 Å². The minimum Gasteiger partial charge on any atom is -0.459 e. The molecule has 8 nitrogen and oxygen atoms in total. The molecule has 2 aromatic heterocycles. The first-order valence-corrected chi connectivity index (χ1v) is 11.8. The van der Waals surface area contributed by atoms with Gasteiger partial charge in [-0.2, -0.15) is 11.8 Å². The van der Waals surface area contributed by atoms with Gasteiger partial charge in [0, 0.05) is 30.3 Å². The molecule has 2 amide bonds. The summed E-state index contributed by atoms with van der Waals surface area (Å²) in [5, 5.41) is 10.4. The zero-order chi connectivity index (χ0) is 20.4. The van der Waals surface area contributed by atoms with Crippen LogP contribution in [0, 0.1) is 0 Å². The van der Waals surface area contributed by atoms with E-state index in [0.29, 0.717) is 29.4 Å². The minimum atomic E-state index is -0.885. The Morgan fingerprint density at radius 2 is 1.96 bits per heavy atom. The number of hydrogen-bond acceptors (Lipinski definition) is 9. The quantitative estimate of drug-likeness (QED) is 0.329. The lowest BCUT2D eigenvalue weighted by molar-refractivity contribution is -0.154. The number of thioether (sulfide) groups is 1. The lowest BCUT2D eigenvalue weighted by atomic mass is 10.4. The molecule has 0 saturated carbocycles. The molecule has 28 heavy (non-hydrogen) atoms. The number of amides is 2. The third kappa shape index (κ3) is 6.88. The summed E-state index contributed by atoms with van der Waals surface area (Å²) in [6.45, 7) is 2.71. The van der Waals surface area contributed by atoms with Crippen LogP contribution in [-0.4, -0.2) is 59.5 Å². The van der Waals surface area contributed by atoms with E-state index in [9.17, 15) is 14.4 Å². The van der Waals surface area contributed by atoms with Crippen LogP contribution in [0.25, 0.3) is 10.7 Å². The van der Waals surface area contributed by atoms with Gasteiger partial charge in [0.05, 0.1) is 11.6 Å². The molecular weight excluding hydrogens is 420 g/mol. The number of hydrogen-bond donors (Lipinski definition) is 2. The van der Waals surface area contributed by atoms with Gasteiger partial charge in [-0.3, -0.25) is 9.59 Å². The fraction of sp³-hybridized carbons (Fsp3) is 0.471. The molecule has 0 saturated heterocycles. The second kappa shape index (κ2) is 11.8. The molecule has 2 aromatic rings. The van der Waals surface area contributed by atoms with E-state index in [-0.39, 0.29) is 19.1 Å². The maximum absolute atomic E-state index is 12.1. The van der Waals surface area contributed by atoms with Crippen LogP contribution >= 0.6 is 34.4 Å². The summed E-state index contributed by atoms with van der Waals surface area (Å²) >= 11 is 4.55. The molecule has 0 aliphatic carbocycles. The fourth-order valence-electron chi connectivity index (χ4n) is 2.08. The molecule has 0 aromatic carbocycles. The van der Waals surface area contributed by atoms with E-state index >= 15 is 0 Å². The van der Waals surface area contributed by atoms with Crippen LogP contribution in [-0.2, 0) is 20.7 Å². The number of nitrogens with zero attached hydrogens (tertiary/aromatic N) is 2. The molecule has 2 rings (SSSR count). The molecule has 0 unspecified atom stereocenters. The van der Waals surface area contributed by atoms with Gasteiger partial charge in [-0.15, -0.1) is 22.7 Å². The van der Waals surface area contributed by atoms with E-state index in [2.05, 4.69) is 25.3 Å². The molecule has 0 aliphatic heterocycles. The van der Waals surface area contributed by atoms with Crippen molar-refractivity contribution in [2.24, 2.45) is 0 Å². The van der Waals surface area contributed by atoms with Crippen molar-refractivity contribution >= 4 is 52.2 Å². The summed E-state index contributed by atoms with van der Waals surface area (Å²) in [6, 6.07) is 0. The molecule has 11 heteroatoms. The molecule has 2 N–H and O–H groups in total. The third-order valence-corrected chi connectivity index (χ3v) is 5.87. The number of ether oxygens (including phenoxy) is 1. The van der Waals surface area contributed by atoms with Gasteiger partial charge < -0.3 is 15.4 Å². The lowest BCUT2D eigenvalue weighted by Crippen LogP contribution is -2.33. The highest BCUT2D eigenvalue weighted by atomic mass is 32.2. The highest BCUT2D eigenvalue weighted by Crippen LogP contribution is 2.25. The van der Waals surface area contributed by atoms with Gasteiger partial charge >= 0.3 is 11.9 Å². The molecule has 0 bridgehead atoms. The van der Waals surface area contributed by atoms with Gasteiger partial charge in [0.1, 0.15) is 16.4 Å². The van der Waals surface area contributed by atoms with Gasteiger partial charge in [-0.25, -0.2) is 14.8 Å². The highest BCUT2D eigenvalue weighted by molar-refractivity contribution is 7.98. The number of aromatic nitrogens is 2. The normalized spacial score (nSPS) is 10.5. The van der Waals surface area contributed by atoms with Crippen molar-refractivity contribution in [1.82, 2.24) is 20.6 Å². The largest absolute Gasteiger partial charge is 0.459 e. The zero-order valence-electron chi connectivity index (χ0n) is 15.6. The van der Waals surface area contributed by atoms with Crippen LogP contribution in [0.15, 0.2) is 10.8 Å². The Labute approximate surface area is 175 Å². The number of carbonyl (C=O) groups excluding carboxylic acids is 3. The van der Waals surface area contributed by atoms with Crippen LogP contribution < -0.4 is 10.6 Å². The zero-order valence-corrected chi connectivity index (χ0v) is 18.1. The van der Waals surface area contributed by atoms with Crippen LogP contribution in [0.5, 0.6) is 0 Å². The van der Waals surface area contributed by atoms with E-state index in [4.69, 9.17) is 0 Å². The van der Waals surface area contributed by atoms with Gasteiger partial charge in [0.2, 0.25) is 0 Å². The van der Waals surface area contributed by atoms with Gasteiger partial charge in [-0.1, -0.05) is 0 Å². The van der Waals surface area contributed by atoms with Crippen LogP contribution in [0.4, 0.5) is 0 Å². The average Bonchev–Trinajstić information content (AvgIpc) is 3.34. The molecule has 0 fully saturated rings. The fourth-order valence-corrected chi connectivity index (χ4v) is 4.13. The number of esters is 1. The maximum Gasteiger partial charge on any atom is 0.396 e. The Hall–Kier alpha value is -1.98. The van der Waals surface area contributed by atoms with Crippen molar-refractivity contribution in [2.75, 3.05) is 31.7 Å². The topological polar surface area (TPSA) is 110 Å². The minimum absolute atomic E-state index is 0.160. The van der Waals surface area contributed by atoms with E-state index < -0.39 is 11.9 Å². The second-order valence-corrected chi connectivity index (χ2v) is 8.28. The number of nitrogens with one attached hydrogen (secondary N) is 2. The summed E-state index contributed by atoms with van der Waals surface area (Å²) in [4.78, 5) is 43.7. The summed E-state index contributed by atoms with van der Waals surface area (Å²) in [5.74, 6) is -0.818. The van der Waals surface area contributed by atoms with E-state index in [0.717, 1.165) is 17.2 Å². The number of thiazole rings is 2. The SMILES string of the molecule is CCOC(=O)C(=O)NCCc1nc(-c2nc(C(=O)NCCCSC)cs2)cs1. The van der Waals surface area contributed by atoms with Gasteiger partial charge in [0.25, 0.3) is 5.91 Å². The van der Waals surface area contributed by atoms with Crippen LogP contribution in [0.2, 0.25) is 0 Å². The predicted molar refractivity (Wildman–Crippen MR) is 112 cm³/mol. The van der Waals surface area contributed by atoms with Gasteiger partial charge in [-0.05, 0) is 25.4 Å². The average molecular weight is 443 g/mol. The molecule has 0 radical (unpaired) electrons. The Kier molecular flexibility index (Phi) is 9.38. The number of carbonyl (C=O) groups is 3. The van der Waals surface area contributed by atoms with E-state index in [1.165, 1.54) is 22.7 Å². The Bertz CT molecular complexity index is 806. The summed E-state index contributed by atoms with van der Waals surface area (Å²) in [7, 11) is 0. The number of rotatable bonds is 10. The third-order valence-electron chi connectivity index (χ3n) is 3.40. The summed E-state index contributed by atoms with van der Waals surface area (Å²) in [5.41, 5.74) is 1.09. The predicted octanol–water partition coefficient (Wildman–Crippen LogP) is 1.97. The van der Waals surface area contributed by atoms with E-state index in [1.807, 2.05) is 11.6 Å². The molecule has 152 valence electrons. The molecule has 0 spiro atoms. The first kappa shape index (κ1) is 22.3.